The van der Waals surface area contributed by atoms with E-state index in [1.165, 1.54) is 0 Å². The van der Waals surface area contributed by atoms with Gasteiger partial charge in [-0.15, -0.1) is 35.3 Å². The summed E-state index contributed by atoms with van der Waals surface area (Å²) >= 11 is 1.68. The highest BCUT2D eigenvalue weighted by molar-refractivity contribution is 14.0. The third-order valence-corrected chi connectivity index (χ3v) is 4.35. The van der Waals surface area contributed by atoms with Crippen molar-refractivity contribution >= 4 is 47.2 Å². The van der Waals surface area contributed by atoms with Crippen LogP contribution in [-0.2, 0) is 17.8 Å². The first-order chi connectivity index (χ1) is 10.7. The summed E-state index contributed by atoms with van der Waals surface area (Å²) in [5, 5.41) is 12.6. The molecule has 0 aromatic carbocycles. The van der Waals surface area contributed by atoms with Gasteiger partial charge in [0.2, 0.25) is 5.91 Å². The highest BCUT2D eigenvalue weighted by atomic mass is 127. The van der Waals surface area contributed by atoms with Crippen LogP contribution in [0.25, 0.3) is 0 Å². The van der Waals surface area contributed by atoms with Crippen LogP contribution in [0.4, 0.5) is 0 Å². The first-order valence-corrected chi connectivity index (χ1v) is 8.84. The fourth-order valence-electron chi connectivity index (χ4n) is 1.94. The van der Waals surface area contributed by atoms with Gasteiger partial charge in [-0.2, -0.15) is 0 Å². The number of hydrogen-bond donors (Lipinski definition) is 3. The SMILES string of the molecule is CCNC(=NCc1csc(CC)n1)NCCNC(=O)C1CC1.I. The number of nitrogens with zero attached hydrogens (tertiary/aromatic N) is 2. The van der Waals surface area contributed by atoms with E-state index in [0.717, 1.165) is 42.5 Å². The fraction of sp³-hybridized carbons (Fsp3) is 0.667. The zero-order valence-electron chi connectivity index (χ0n) is 13.7. The Bertz CT molecular complexity index is 516. The average Bonchev–Trinajstić information content (AvgIpc) is 3.28. The van der Waals surface area contributed by atoms with Gasteiger partial charge in [-0.05, 0) is 26.2 Å². The summed E-state index contributed by atoms with van der Waals surface area (Å²) in [5.74, 6) is 1.20. The molecule has 3 N–H and O–H groups in total. The molecule has 23 heavy (non-hydrogen) atoms. The third kappa shape index (κ3) is 7.47. The summed E-state index contributed by atoms with van der Waals surface area (Å²) in [6, 6.07) is 0. The minimum atomic E-state index is 0. The molecule has 0 aliphatic heterocycles. The number of carbonyl (C=O) groups excluding carboxylic acids is 1. The predicted molar refractivity (Wildman–Crippen MR) is 105 cm³/mol. The fourth-order valence-corrected chi connectivity index (χ4v) is 2.68. The lowest BCUT2D eigenvalue weighted by Crippen LogP contribution is -2.41. The van der Waals surface area contributed by atoms with Crippen molar-refractivity contribution in [3.63, 3.8) is 0 Å². The molecule has 1 aromatic heterocycles. The van der Waals surface area contributed by atoms with Gasteiger partial charge in [0.15, 0.2) is 5.96 Å². The van der Waals surface area contributed by atoms with Gasteiger partial charge in [-0.25, -0.2) is 9.98 Å². The van der Waals surface area contributed by atoms with Gasteiger partial charge in [-0.1, -0.05) is 6.92 Å². The van der Waals surface area contributed by atoms with Crippen molar-refractivity contribution in [3.05, 3.63) is 16.1 Å². The zero-order valence-corrected chi connectivity index (χ0v) is 16.9. The maximum absolute atomic E-state index is 11.5. The molecule has 1 saturated carbocycles. The first-order valence-electron chi connectivity index (χ1n) is 7.96. The Labute approximate surface area is 159 Å². The normalized spacial score (nSPS) is 14.1. The molecule has 1 amide bonds. The van der Waals surface area contributed by atoms with Crippen molar-refractivity contribution < 1.29 is 4.79 Å². The second-order valence-electron chi connectivity index (χ2n) is 5.27. The topological polar surface area (TPSA) is 78.4 Å². The number of aryl methyl sites for hydroxylation is 1. The van der Waals surface area contributed by atoms with E-state index in [2.05, 4.69) is 38.2 Å². The van der Waals surface area contributed by atoms with Crippen molar-refractivity contribution in [1.82, 2.24) is 20.9 Å². The highest BCUT2D eigenvalue weighted by Crippen LogP contribution is 2.28. The number of amides is 1. The summed E-state index contributed by atoms with van der Waals surface area (Å²) in [6.45, 7) is 6.80. The summed E-state index contributed by atoms with van der Waals surface area (Å²) in [6.07, 6.45) is 3.04. The van der Waals surface area contributed by atoms with Gasteiger partial charge in [0.1, 0.15) is 0 Å². The maximum Gasteiger partial charge on any atom is 0.223 e. The maximum atomic E-state index is 11.5. The molecular weight excluding hydrogens is 425 g/mol. The van der Waals surface area contributed by atoms with Gasteiger partial charge < -0.3 is 16.0 Å². The molecule has 130 valence electrons. The smallest absolute Gasteiger partial charge is 0.223 e. The molecule has 1 aliphatic carbocycles. The molecule has 0 atom stereocenters. The lowest BCUT2D eigenvalue weighted by atomic mass is 10.4. The molecule has 8 heteroatoms. The minimum absolute atomic E-state index is 0. The summed E-state index contributed by atoms with van der Waals surface area (Å²) < 4.78 is 0. The van der Waals surface area contributed by atoms with Crippen LogP contribution in [0.3, 0.4) is 0 Å². The second kappa shape index (κ2) is 10.8. The summed E-state index contributed by atoms with van der Waals surface area (Å²) in [7, 11) is 0. The molecule has 1 aromatic rings. The van der Waals surface area contributed by atoms with E-state index in [-0.39, 0.29) is 35.8 Å². The van der Waals surface area contributed by atoms with Crippen LogP contribution < -0.4 is 16.0 Å². The Hall–Kier alpha value is -0.900. The zero-order chi connectivity index (χ0) is 15.8. The number of thiazole rings is 1. The van der Waals surface area contributed by atoms with Crippen LogP contribution in [0, 0.1) is 5.92 Å². The Morgan fingerprint density at radius 1 is 1.30 bits per heavy atom. The van der Waals surface area contributed by atoms with Crippen molar-refractivity contribution in [2.75, 3.05) is 19.6 Å². The molecule has 0 spiro atoms. The average molecular weight is 451 g/mol. The number of guanidine groups is 1. The predicted octanol–water partition coefficient (Wildman–Crippen LogP) is 1.90. The van der Waals surface area contributed by atoms with E-state index in [0.29, 0.717) is 19.6 Å². The van der Waals surface area contributed by atoms with E-state index in [1.54, 1.807) is 11.3 Å². The number of aliphatic imine (C=N–C) groups is 1. The molecule has 0 radical (unpaired) electrons. The van der Waals surface area contributed by atoms with E-state index in [1.807, 2.05) is 6.92 Å². The molecule has 1 aliphatic rings. The Morgan fingerprint density at radius 3 is 2.65 bits per heavy atom. The van der Waals surface area contributed by atoms with Gasteiger partial charge in [0.05, 0.1) is 17.2 Å². The Morgan fingerprint density at radius 2 is 2.04 bits per heavy atom. The molecule has 1 heterocycles. The van der Waals surface area contributed by atoms with Crippen LogP contribution in [0.2, 0.25) is 0 Å². The van der Waals surface area contributed by atoms with Crippen molar-refractivity contribution in [2.24, 2.45) is 10.9 Å². The number of rotatable bonds is 8. The molecule has 0 unspecified atom stereocenters. The summed E-state index contributed by atoms with van der Waals surface area (Å²) in [5.41, 5.74) is 1.00. The lowest BCUT2D eigenvalue weighted by Gasteiger charge is -2.11. The van der Waals surface area contributed by atoms with E-state index in [4.69, 9.17) is 0 Å². The van der Waals surface area contributed by atoms with E-state index >= 15 is 0 Å². The minimum Gasteiger partial charge on any atom is -0.357 e. The van der Waals surface area contributed by atoms with E-state index in [9.17, 15) is 4.79 Å². The number of nitrogens with one attached hydrogen (secondary N) is 3. The lowest BCUT2D eigenvalue weighted by molar-refractivity contribution is -0.122. The molecule has 1 fully saturated rings. The quantitative estimate of drug-likeness (QED) is 0.244. The van der Waals surface area contributed by atoms with E-state index < -0.39 is 0 Å². The second-order valence-corrected chi connectivity index (χ2v) is 6.22. The third-order valence-electron chi connectivity index (χ3n) is 3.31. The van der Waals surface area contributed by atoms with Crippen molar-refractivity contribution in [1.29, 1.82) is 0 Å². The Balaban J connectivity index is 0.00000264. The number of halogens is 1. The molecule has 6 nitrogen and oxygen atoms in total. The van der Waals surface area contributed by atoms with Crippen molar-refractivity contribution in [3.8, 4) is 0 Å². The standard InChI is InChI=1S/C15H25N5OS.HI/c1-3-13-20-12(10-22-13)9-19-15(16-4-2)18-8-7-17-14(21)11-5-6-11;/h10-11H,3-9H2,1-2H3,(H,17,21)(H2,16,18,19);1H. The van der Waals surface area contributed by atoms with Crippen LogP contribution in [0.5, 0.6) is 0 Å². The molecular formula is C15H26IN5OS. The number of hydrogen-bond acceptors (Lipinski definition) is 4. The van der Waals surface area contributed by atoms with Crippen LogP contribution in [-0.4, -0.2) is 36.5 Å². The van der Waals surface area contributed by atoms with Crippen LogP contribution in [0.15, 0.2) is 10.4 Å². The van der Waals surface area contributed by atoms with Crippen molar-refractivity contribution in [2.45, 2.75) is 39.7 Å². The first kappa shape index (κ1) is 20.1. The van der Waals surface area contributed by atoms with Gasteiger partial charge in [0.25, 0.3) is 0 Å². The largest absolute Gasteiger partial charge is 0.357 e. The monoisotopic (exact) mass is 451 g/mol. The highest BCUT2D eigenvalue weighted by Gasteiger charge is 2.28. The van der Waals surface area contributed by atoms with Gasteiger partial charge in [0, 0.05) is 30.9 Å². The van der Waals surface area contributed by atoms with Gasteiger partial charge in [-0.3, -0.25) is 4.79 Å². The number of aromatic nitrogens is 1. The Kier molecular flexibility index (Phi) is 9.46. The summed E-state index contributed by atoms with van der Waals surface area (Å²) in [4.78, 5) is 20.6. The van der Waals surface area contributed by atoms with Crippen LogP contribution in [0.1, 0.15) is 37.4 Å². The molecule has 0 saturated heterocycles. The van der Waals surface area contributed by atoms with Gasteiger partial charge >= 0.3 is 0 Å². The number of carbonyl (C=O) groups is 1. The molecule has 2 rings (SSSR count). The molecule has 0 bridgehead atoms. The van der Waals surface area contributed by atoms with Crippen LogP contribution >= 0.6 is 35.3 Å².